The number of nitrogens with two attached hydrogens (primary N) is 1. The molecule has 0 heterocycles. The summed E-state index contributed by atoms with van der Waals surface area (Å²) in [5.41, 5.74) is 6.49. The van der Waals surface area contributed by atoms with Crippen molar-refractivity contribution in [2.75, 3.05) is 26.0 Å². The van der Waals surface area contributed by atoms with Gasteiger partial charge in [0.25, 0.3) is 0 Å². The van der Waals surface area contributed by atoms with Crippen molar-refractivity contribution in [3.8, 4) is 0 Å². The normalized spacial score (nSPS) is 14.9. The van der Waals surface area contributed by atoms with Crippen molar-refractivity contribution in [2.45, 2.75) is 25.3 Å². The molecule has 0 aliphatic rings. The molecule has 6 heteroatoms. The van der Waals surface area contributed by atoms with E-state index in [9.17, 15) is 8.42 Å². The smallest absolute Gasteiger partial charge is 0.212 e. The SMILES string of the molecule is COCC(CCN)NS(=O)(=O)CC(C)c1ccccc1. The Morgan fingerprint density at radius 2 is 1.95 bits per heavy atom. The summed E-state index contributed by atoms with van der Waals surface area (Å²) in [7, 11) is -1.81. The van der Waals surface area contributed by atoms with E-state index in [4.69, 9.17) is 10.5 Å². The maximum atomic E-state index is 12.2. The van der Waals surface area contributed by atoms with Gasteiger partial charge in [-0.1, -0.05) is 37.3 Å². The lowest BCUT2D eigenvalue weighted by molar-refractivity contribution is 0.172. The van der Waals surface area contributed by atoms with E-state index in [1.165, 1.54) is 0 Å². The fourth-order valence-electron chi connectivity index (χ4n) is 2.09. The Hall–Kier alpha value is -0.950. The fraction of sp³-hybridized carbons (Fsp3) is 0.571. The first-order valence-corrected chi connectivity index (χ1v) is 8.37. The van der Waals surface area contributed by atoms with E-state index < -0.39 is 10.0 Å². The summed E-state index contributed by atoms with van der Waals surface area (Å²) >= 11 is 0. The van der Waals surface area contributed by atoms with Gasteiger partial charge in [0.15, 0.2) is 0 Å². The minimum atomic E-state index is -3.36. The van der Waals surface area contributed by atoms with E-state index in [0.717, 1.165) is 5.56 Å². The van der Waals surface area contributed by atoms with Gasteiger partial charge in [0.1, 0.15) is 0 Å². The Morgan fingerprint density at radius 1 is 1.30 bits per heavy atom. The van der Waals surface area contributed by atoms with Crippen LogP contribution >= 0.6 is 0 Å². The van der Waals surface area contributed by atoms with Crippen LogP contribution in [0.3, 0.4) is 0 Å². The molecule has 0 radical (unpaired) electrons. The summed E-state index contributed by atoms with van der Waals surface area (Å²) in [5, 5.41) is 0. The maximum Gasteiger partial charge on any atom is 0.212 e. The summed E-state index contributed by atoms with van der Waals surface area (Å²) < 4.78 is 32.0. The van der Waals surface area contributed by atoms with E-state index in [1.54, 1.807) is 7.11 Å². The second kappa shape index (κ2) is 8.36. The molecule has 0 spiro atoms. The van der Waals surface area contributed by atoms with Gasteiger partial charge in [0.2, 0.25) is 10.0 Å². The van der Waals surface area contributed by atoms with Crippen LogP contribution in [0.25, 0.3) is 0 Å². The average Bonchev–Trinajstić information content (AvgIpc) is 2.39. The second-order valence-corrected chi connectivity index (χ2v) is 6.74. The van der Waals surface area contributed by atoms with Gasteiger partial charge in [-0.25, -0.2) is 13.1 Å². The lowest BCUT2D eigenvalue weighted by Crippen LogP contribution is -2.41. The van der Waals surface area contributed by atoms with Gasteiger partial charge in [0, 0.05) is 13.2 Å². The molecular formula is C14H24N2O3S. The van der Waals surface area contributed by atoms with Gasteiger partial charge in [0.05, 0.1) is 12.4 Å². The van der Waals surface area contributed by atoms with Crippen LogP contribution in [0.5, 0.6) is 0 Å². The minimum absolute atomic E-state index is 0.0573. The summed E-state index contributed by atoms with van der Waals surface area (Å²) in [6.45, 7) is 2.66. The summed E-state index contributed by atoms with van der Waals surface area (Å²) in [6, 6.07) is 9.35. The Bertz CT molecular complexity index is 470. The number of sulfonamides is 1. The second-order valence-electron chi connectivity index (χ2n) is 4.94. The molecule has 2 unspecified atom stereocenters. The van der Waals surface area contributed by atoms with Crippen LogP contribution in [0.1, 0.15) is 24.8 Å². The molecule has 20 heavy (non-hydrogen) atoms. The Labute approximate surface area is 121 Å². The topological polar surface area (TPSA) is 81.4 Å². The highest BCUT2D eigenvalue weighted by Gasteiger charge is 2.21. The number of hydrogen-bond acceptors (Lipinski definition) is 4. The molecule has 1 rings (SSSR count). The van der Waals surface area contributed by atoms with Crippen LogP contribution in [-0.4, -0.2) is 40.5 Å². The summed E-state index contributed by atoms with van der Waals surface area (Å²) in [6.07, 6.45) is 0.562. The first-order chi connectivity index (χ1) is 9.48. The fourth-order valence-corrected chi connectivity index (χ4v) is 3.73. The quantitative estimate of drug-likeness (QED) is 0.715. The van der Waals surface area contributed by atoms with Gasteiger partial charge in [-0.15, -0.1) is 0 Å². The highest BCUT2D eigenvalue weighted by atomic mass is 32.2. The zero-order valence-corrected chi connectivity index (χ0v) is 12.9. The summed E-state index contributed by atoms with van der Waals surface area (Å²) in [4.78, 5) is 0. The number of ether oxygens (including phenoxy) is 1. The maximum absolute atomic E-state index is 12.2. The molecule has 0 aliphatic heterocycles. The summed E-state index contributed by atoms with van der Waals surface area (Å²) in [5.74, 6) is -0.00306. The molecule has 0 bridgehead atoms. The molecule has 0 aromatic heterocycles. The van der Waals surface area contributed by atoms with Crippen molar-refractivity contribution in [1.82, 2.24) is 4.72 Å². The highest BCUT2D eigenvalue weighted by Crippen LogP contribution is 2.16. The number of benzene rings is 1. The van der Waals surface area contributed by atoms with E-state index in [-0.39, 0.29) is 17.7 Å². The van der Waals surface area contributed by atoms with E-state index in [1.807, 2.05) is 37.3 Å². The predicted molar refractivity (Wildman–Crippen MR) is 81.1 cm³/mol. The zero-order valence-electron chi connectivity index (χ0n) is 12.1. The molecule has 114 valence electrons. The molecule has 0 amide bonds. The first kappa shape index (κ1) is 17.1. The number of hydrogen-bond donors (Lipinski definition) is 2. The van der Waals surface area contributed by atoms with E-state index in [2.05, 4.69) is 4.72 Å². The van der Waals surface area contributed by atoms with Crippen LogP contribution in [0.2, 0.25) is 0 Å². The van der Waals surface area contributed by atoms with E-state index >= 15 is 0 Å². The predicted octanol–water partition coefficient (Wildman–Crippen LogP) is 1.07. The molecule has 0 aliphatic carbocycles. The Morgan fingerprint density at radius 3 is 2.50 bits per heavy atom. The first-order valence-electron chi connectivity index (χ1n) is 6.72. The molecule has 3 N–H and O–H groups in total. The lowest BCUT2D eigenvalue weighted by atomic mass is 10.0. The van der Waals surface area contributed by atoms with Gasteiger partial charge >= 0.3 is 0 Å². The number of rotatable bonds is 9. The van der Waals surface area contributed by atoms with Crippen LogP contribution in [0.15, 0.2) is 30.3 Å². The largest absolute Gasteiger partial charge is 0.383 e. The molecule has 1 aromatic carbocycles. The van der Waals surface area contributed by atoms with Crippen molar-refractivity contribution >= 4 is 10.0 Å². The number of methoxy groups -OCH3 is 1. The van der Waals surface area contributed by atoms with Crippen LogP contribution in [0.4, 0.5) is 0 Å². The van der Waals surface area contributed by atoms with Gasteiger partial charge < -0.3 is 10.5 Å². The monoisotopic (exact) mass is 300 g/mol. The Kier molecular flexibility index (Phi) is 7.15. The van der Waals surface area contributed by atoms with E-state index in [0.29, 0.717) is 19.6 Å². The third-order valence-corrected chi connectivity index (χ3v) is 4.70. The molecule has 2 atom stereocenters. The van der Waals surface area contributed by atoms with Crippen LogP contribution in [0, 0.1) is 0 Å². The van der Waals surface area contributed by atoms with Crippen molar-refractivity contribution in [3.05, 3.63) is 35.9 Å². The van der Waals surface area contributed by atoms with Gasteiger partial charge in [-0.3, -0.25) is 0 Å². The molecule has 1 aromatic rings. The third kappa shape index (κ3) is 6.00. The highest BCUT2D eigenvalue weighted by molar-refractivity contribution is 7.89. The average molecular weight is 300 g/mol. The zero-order chi connectivity index (χ0) is 15.0. The van der Waals surface area contributed by atoms with Gasteiger partial charge in [-0.05, 0) is 24.4 Å². The molecule has 0 saturated carbocycles. The van der Waals surface area contributed by atoms with Crippen molar-refractivity contribution < 1.29 is 13.2 Å². The molecular weight excluding hydrogens is 276 g/mol. The Balaban J connectivity index is 2.64. The third-order valence-electron chi connectivity index (χ3n) is 3.07. The van der Waals surface area contributed by atoms with Crippen LogP contribution < -0.4 is 10.5 Å². The van der Waals surface area contributed by atoms with Gasteiger partial charge in [-0.2, -0.15) is 0 Å². The van der Waals surface area contributed by atoms with Crippen molar-refractivity contribution in [1.29, 1.82) is 0 Å². The molecule has 5 nitrogen and oxygen atoms in total. The molecule has 0 fully saturated rings. The lowest BCUT2D eigenvalue weighted by Gasteiger charge is -2.19. The number of nitrogens with one attached hydrogen (secondary N) is 1. The minimum Gasteiger partial charge on any atom is -0.383 e. The van der Waals surface area contributed by atoms with Crippen molar-refractivity contribution in [2.24, 2.45) is 5.73 Å². The van der Waals surface area contributed by atoms with Crippen molar-refractivity contribution in [3.63, 3.8) is 0 Å². The van der Waals surface area contributed by atoms with Crippen LogP contribution in [-0.2, 0) is 14.8 Å². The standard InChI is InChI=1S/C14H24N2O3S/c1-12(13-6-4-3-5-7-13)11-20(17,18)16-14(8-9-15)10-19-2/h3-7,12,14,16H,8-11,15H2,1-2H3. The molecule has 0 saturated heterocycles.